The van der Waals surface area contributed by atoms with E-state index in [4.69, 9.17) is 19.2 Å². The maximum absolute atomic E-state index is 5.57. The molecule has 0 atom stereocenters. The van der Waals surface area contributed by atoms with Gasteiger partial charge in [0.25, 0.3) is 0 Å². The van der Waals surface area contributed by atoms with Crippen LogP contribution >= 0.6 is 27.3 Å². The molecule has 0 N–H and O–H groups in total. The number of rotatable bonds is 5. The van der Waals surface area contributed by atoms with Crippen LogP contribution in [0.1, 0.15) is 5.56 Å². The number of benzene rings is 3. The number of para-hydroxylation sites is 1. The number of thiazole rings is 1. The van der Waals surface area contributed by atoms with Crippen LogP contribution < -0.4 is 19.0 Å². The first-order valence-electron chi connectivity index (χ1n) is 9.72. The van der Waals surface area contributed by atoms with Crippen molar-refractivity contribution < 1.29 is 14.2 Å². The van der Waals surface area contributed by atoms with E-state index in [1.807, 2.05) is 48.5 Å². The van der Waals surface area contributed by atoms with Gasteiger partial charge in [-0.2, -0.15) is 0 Å². The van der Waals surface area contributed by atoms with Crippen molar-refractivity contribution >= 4 is 33.0 Å². The zero-order valence-corrected chi connectivity index (χ0v) is 19.2. The fraction of sp³-hybridized carbons (Fsp3) is 0.125. The molecule has 7 heteroatoms. The van der Waals surface area contributed by atoms with Gasteiger partial charge in [0.1, 0.15) is 5.75 Å². The quantitative estimate of drug-likeness (QED) is 0.341. The number of methoxy groups -OCH3 is 1. The van der Waals surface area contributed by atoms with Crippen molar-refractivity contribution in [2.24, 2.45) is 4.99 Å². The molecule has 0 fully saturated rings. The molecule has 0 saturated heterocycles. The third kappa shape index (κ3) is 4.11. The minimum atomic E-state index is 0.268. The molecule has 2 heterocycles. The maximum Gasteiger partial charge on any atom is 0.231 e. The standard InChI is InChI=1S/C24H19BrN2O3S/c1-28-21-10-8-17(12-19(21)25)20-14-31-24(26-18-5-3-2-4-6-18)27(20)13-16-7-9-22-23(11-16)30-15-29-22/h2-12,14H,13,15H2,1H3. The fourth-order valence-corrected chi connectivity index (χ4v) is 4.93. The number of halogens is 1. The highest BCUT2D eigenvalue weighted by molar-refractivity contribution is 9.10. The first-order valence-corrected chi connectivity index (χ1v) is 11.4. The second-order valence-electron chi connectivity index (χ2n) is 6.97. The van der Waals surface area contributed by atoms with Crippen LogP contribution in [0.5, 0.6) is 17.2 Å². The smallest absolute Gasteiger partial charge is 0.231 e. The summed E-state index contributed by atoms with van der Waals surface area (Å²) in [7, 11) is 1.67. The Morgan fingerprint density at radius 1 is 1.03 bits per heavy atom. The highest BCUT2D eigenvalue weighted by atomic mass is 79.9. The van der Waals surface area contributed by atoms with Crippen LogP contribution in [0.15, 0.2) is 81.6 Å². The molecule has 0 bridgehead atoms. The van der Waals surface area contributed by atoms with E-state index >= 15 is 0 Å². The zero-order chi connectivity index (χ0) is 21.2. The molecule has 1 aliphatic heterocycles. The molecule has 3 aromatic carbocycles. The molecule has 0 amide bonds. The van der Waals surface area contributed by atoms with Gasteiger partial charge in [0.2, 0.25) is 6.79 Å². The van der Waals surface area contributed by atoms with Gasteiger partial charge < -0.3 is 18.8 Å². The third-order valence-corrected chi connectivity index (χ3v) is 6.49. The molecule has 0 aliphatic carbocycles. The van der Waals surface area contributed by atoms with Crippen molar-refractivity contribution in [3.63, 3.8) is 0 Å². The summed E-state index contributed by atoms with van der Waals surface area (Å²) < 4.78 is 19.6. The van der Waals surface area contributed by atoms with Crippen LogP contribution in [0.3, 0.4) is 0 Å². The highest BCUT2D eigenvalue weighted by Gasteiger charge is 2.15. The Hall–Kier alpha value is -3.03. The van der Waals surface area contributed by atoms with Gasteiger partial charge in [-0.25, -0.2) is 4.99 Å². The van der Waals surface area contributed by atoms with Crippen molar-refractivity contribution in [1.82, 2.24) is 4.57 Å². The first-order chi connectivity index (χ1) is 15.2. The molecular weight excluding hydrogens is 476 g/mol. The van der Waals surface area contributed by atoms with Crippen molar-refractivity contribution in [1.29, 1.82) is 0 Å². The van der Waals surface area contributed by atoms with Crippen molar-refractivity contribution in [2.75, 3.05) is 13.9 Å². The number of ether oxygens (including phenoxy) is 3. The van der Waals surface area contributed by atoms with Gasteiger partial charge in [-0.05, 0) is 64.0 Å². The largest absolute Gasteiger partial charge is 0.496 e. The number of nitrogens with zero attached hydrogens (tertiary/aromatic N) is 2. The zero-order valence-electron chi connectivity index (χ0n) is 16.7. The van der Waals surface area contributed by atoms with E-state index in [1.165, 1.54) is 0 Å². The van der Waals surface area contributed by atoms with Crippen LogP contribution in [0.2, 0.25) is 0 Å². The summed E-state index contributed by atoms with van der Waals surface area (Å²) in [6, 6.07) is 22.2. The summed E-state index contributed by atoms with van der Waals surface area (Å²) in [5, 5.41) is 2.14. The Morgan fingerprint density at radius 3 is 2.68 bits per heavy atom. The highest BCUT2D eigenvalue weighted by Crippen LogP contribution is 2.34. The lowest BCUT2D eigenvalue weighted by Gasteiger charge is -2.12. The lowest BCUT2D eigenvalue weighted by Crippen LogP contribution is -2.16. The van der Waals surface area contributed by atoms with Gasteiger partial charge in [-0.1, -0.05) is 24.3 Å². The molecule has 5 rings (SSSR count). The van der Waals surface area contributed by atoms with E-state index < -0.39 is 0 Å². The Balaban J connectivity index is 1.62. The summed E-state index contributed by atoms with van der Waals surface area (Å²) in [5.41, 5.74) is 4.21. The lowest BCUT2D eigenvalue weighted by molar-refractivity contribution is 0.174. The van der Waals surface area contributed by atoms with Gasteiger partial charge in [0.05, 0.1) is 29.5 Å². The van der Waals surface area contributed by atoms with Gasteiger partial charge in [0.15, 0.2) is 16.3 Å². The second-order valence-corrected chi connectivity index (χ2v) is 8.66. The molecular formula is C24H19BrN2O3S. The number of hydrogen-bond donors (Lipinski definition) is 0. The molecule has 4 aromatic rings. The topological polar surface area (TPSA) is 45.0 Å². The van der Waals surface area contributed by atoms with Gasteiger partial charge in [-0.3, -0.25) is 0 Å². The van der Waals surface area contributed by atoms with Gasteiger partial charge in [0, 0.05) is 10.9 Å². The van der Waals surface area contributed by atoms with Crippen LogP contribution in [0.25, 0.3) is 11.3 Å². The fourth-order valence-electron chi connectivity index (χ4n) is 3.46. The van der Waals surface area contributed by atoms with E-state index in [1.54, 1.807) is 18.4 Å². The summed E-state index contributed by atoms with van der Waals surface area (Å²) >= 11 is 5.23. The molecule has 1 aromatic heterocycles. The van der Waals surface area contributed by atoms with Crippen LogP contribution in [-0.4, -0.2) is 18.5 Å². The molecule has 31 heavy (non-hydrogen) atoms. The van der Waals surface area contributed by atoms with Gasteiger partial charge in [-0.15, -0.1) is 11.3 Å². The SMILES string of the molecule is COc1ccc(-c2csc(=Nc3ccccc3)n2Cc2ccc3c(c2)OCO3)cc1Br. The Morgan fingerprint density at radius 2 is 1.87 bits per heavy atom. The normalized spacial score (nSPS) is 12.9. The number of fused-ring (bicyclic) bond motifs is 1. The van der Waals surface area contributed by atoms with Crippen LogP contribution in [0, 0.1) is 0 Å². The molecule has 0 spiro atoms. The molecule has 0 saturated carbocycles. The molecule has 5 nitrogen and oxygen atoms in total. The van der Waals surface area contributed by atoms with E-state index in [2.05, 4.69) is 44.1 Å². The Bertz CT molecular complexity index is 1300. The predicted octanol–water partition coefficient (Wildman–Crippen LogP) is 6.00. The van der Waals surface area contributed by atoms with E-state index in [0.29, 0.717) is 6.54 Å². The van der Waals surface area contributed by atoms with E-state index in [0.717, 1.165) is 49.0 Å². The molecule has 1 aliphatic rings. The summed E-state index contributed by atoms with van der Waals surface area (Å²) in [4.78, 5) is 5.82. The van der Waals surface area contributed by atoms with Crippen LogP contribution in [-0.2, 0) is 6.54 Å². The maximum atomic E-state index is 5.57. The average Bonchev–Trinajstić information content (AvgIpc) is 3.41. The molecule has 0 radical (unpaired) electrons. The molecule has 156 valence electrons. The minimum absolute atomic E-state index is 0.268. The monoisotopic (exact) mass is 494 g/mol. The summed E-state index contributed by atoms with van der Waals surface area (Å²) in [5.74, 6) is 2.37. The Kier molecular flexibility index (Phi) is 5.53. The van der Waals surface area contributed by atoms with Gasteiger partial charge >= 0.3 is 0 Å². The Labute approximate surface area is 192 Å². The third-order valence-electron chi connectivity index (χ3n) is 5.00. The first kappa shape index (κ1) is 19.9. The van der Waals surface area contributed by atoms with Crippen molar-refractivity contribution in [2.45, 2.75) is 6.54 Å². The summed E-state index contributed by atoms with van der Waals surface area (Å²) in [6.07, 6.45) is 0. The molecule has 0 unspecified atom stereocenters. The lowest BCUT2D eigenvalue weighted by atomic mass is 10.1. The van der Waals surface area contributed by atoms with Crippen LogP contribution in [0.4, 0.5) is 5.69 Å². The van der Waals surface area contributed by atoms with Crippen molar-refractivity contribution in [3.8, 4) is 28.5 Å². The van der Waals surface area contributed by atoms with Crippen molar-refractivity contribution in [3.05, 3.63) is 86.9 Å². The average molecular weight is 495 g/mol. The number of hydrogen-bond acceptors (Lipinski definition) is 5. The second kappa shape index (κ2) is 8.61. The number of aromatic nitrogens is 1. The van der Waals surface area contributed by atoms with E-state index in [-0.39, 0.29) is 6.79 Å². The summed E-state index contributed by atoms with van der Waals surface area (Å²) in [6.45, 7) is 0.925. The van der Waals surface area contributed by atoms with E-state index in [9.17, 15) is 0 Å². The minimum Gasteiger partial charge on any atom is -0.496 e. The predicted molar refractivity (Wildman–Crippen MR) is 125 cm³/mol.